The molecule has 1 saturated carbocycles. The van der Waals surface area contributed by atoms with Crippen LogP contribution in [-0.4, -0.2) is 44.6 Å². The maximum atomic E-state index is 11.0. The van der Waals surface area contributed by atoms with Gasteiger partial charge in [-0.25, -0.2) is 4.31 Å². The molecule has 0 bridgehead atoms. The van der Waals surface area contributed by atoms with E-state index in [1.54, 1.807) is 11.9 Å². The molecule has 0 amide bonds. The molecule has 1 N–H and O–H groups in total. The molecule has 5 rings (SSSR count). The largest absolute Gasteiger partial charge is 0.490 e. The quantitative estimate of drug-likeness (QED) is 0.393. The van der Waals surface area contributed by atoms with Crippen LogP contribution < -0.4 is 10.1 Å². The normalized spacial score (nSPS) is 16.1. The van der Waals surface area contributed by atoms with E-state index in [0.29, 0.717) is 6.10 Å². The lowest BCUT2D eigenvalue weighted by atomic mass is 10.2. The number of carbonyl (C=O) groups excluding carboxylic acids is 1. The summed E-state index contributed by atoms with van der Waals surface area (Å²) in [7, 11) is 3.89. The van der Waals surface area contributed by atoms with Gasteiger partial charge in [-0.2, -0.15) is 5.10 Å². The SMILES string of the molecule is CNCc1cccc(OC2CCCC2)c1.Cc1c(SN2CCn3nccc3C2)cc(C=O)n1C. The molecule has 1 aromatic carbocycles. The average Bonchev–Trinajstić information content (AvgIpc) is 3.58. The lowest BCUT2D eigenvalue weighted by Crippen LogP contribution is -2.28. The number of benzene rings is 1. The molecule has 182 valence electrons. The number of ether oxygens (including phenoxy) is 1. The van der Waals surface area contributed by atoms with Crippen molar-refractivity contribution in [3.05, 3.63) is 65.2 Å². The predicted molar refractivity (Wildman–Crippen MR) is 136 cm³/mol. The van der Waals surface area contributed by atoms with Crippen LogP contribution in [0.15, 0.2) is 47.5 Å². The smallest absolute Gasteiger partial charge is 0.166 e. The van der Waals surface area contributed by atoms with Crippen molar-refractivity contribution in [2.75, 3.05) is 13.6 Å². The Kier molecular flexibility index (Phi) is 8.48. The van der Waals surface area contributed by atoms with Gasteiger partial charge < -0.3 is 14.6 Å². The summed E-state index contributed by atoms with van der Waals surface area (Å²) < 4.78 is 12.2. The van der Waals surface area contributed by atoms with Crippen LogP contribution in [0.1, 0.15) is 53.1 Å². The number of aromatic nitrogens is 3. The number of nitrogens with zero attached hydrogens (tertiary/aromatic N) is 4. The van der Waals surface area contributed by atoms with Crippen molar-refractivity contribution in [1.82, 2.24) is 24.0 Å². The maximum absolute atomic E-state index is 11.0. The van der Waals surface area contributed by atoms with Crippen molar-refractivity contribution in [2.45, 2.75) is 63.2 Å². The van der Waals surface area contributed by atoms with Crippen molar-refractivity contribution in [3.8, 4) is 5.75 Å². The van der Waals surface area contributed by atoms with Gasteiger partial charge in [-0.15, -0.1) is 0 Å². The van der Waals surface area contributed by atoms with Crippen molar-refractivity contribution in [3.63, 3.8) is 0 Å². The molecule has 1 aliphatic carbocycles. The lowest BCUT2D eigenvalue weighted by molar-refractivity contribution is 0.111. The molecule has 0 atom stereocenters. The van der Waals surface area contributed by atoms with E-state index in [4.69, 9.17) is 4.74 Å². The highest BCUT2D eigenvalue weighted by molar-refractivity contribution is 7.97. The minimum Gasteiger partial charge on any atom is -0.490 e. The third-order valence-electron chi connectivity index (χ3n) is 6.46. The van der Waals surface area contributed by atoms with Crippen LogP contribution in [0.25, 0.3) is 0 Å². The fraction of sp³-hybridized carbons (Fsp3) is 0.462. The van der Waals surface area contributed by atoms with Crippen LogP contribution in [0.4, 0.5) is 0 Å². The Morgan fingerprint density at radius 3 is 2.76 bits per heavy atom. The van der Waals surface area contributed by atoms with Crippen molar-refractivity contribution in [2.24, 2.45) is 7.05 Å². The second kappa shape index (κ2) is 11.7. The average molecular weight is 482 g/mol. The number of aldehydes is 1. The second-order valence-electron chi connectivity index (χ2n) is 8.90. The molecule has 0 spiro atoms. The Morgan fingerprint density at radius 1 is 1.21 bits per heavy atom. The molecule has 3 aromatic rings. The summed E-state index contributed by atoms with van der Waals surface area (Å²) in [6.07, 6.45) is 8.29. The van der Waals surface area contributed by atoms with Gasteiger partial charge in [0.15, 0.2) is 6.29 Å². The number of carbonyl (C=O) groups is 1. The van der Waals surface area contributed by atoms with Gasteiger partial charge >= 0.3 is 0 Å². The summed E-state index contributed by atoms with van der Waals surface area (Å²) in [5, 5.41) is 7.43. The second-order valence-corrected chi connectivity index (χ2v) is 10.0. The minimum absolute atomic E-state index is 0.454. The van der Waals surface area contributed by atoms with E-state index in [1.807, 2.05) is 42.5 Å². The highest BCUT2D eigenvalue weighted by atomic mass is 32.2. The van der Waals surface area contributed by atoms with Crippen molar-refractivity contribution < 1.29 is 9.53 Å². The molecule has 0 saturated heterocycles. The molecular formula is C26H35N5O2S. The highest BCUT2D eigenvalue weighted by Crippen LogP contribution is 2.30. The van der Waals surface area contributed by atoms with Gasteiger partial charge in [0.25, 0.3) is 0 Å². The van der Waals surface area contributed by atoms with E-state index in [2.05, 4.69) is 45.1 Å². The van der Waals surface area contributed by atoms with Gasteiger partial charge in [-0.1, -0.05) is 12.1 Å². The molecule has 1 aliphatic heterocycles. The Balaban J connectivity index is 0.000000166. The lowest BCUT2D eigenvalue weighted by Gasteiger charge is -2.26. The van der Waals surface area contributed by atoms with E-state index in [9.17, 15) is 4.79 Å². The van der Waals surface area contributed by atoms with Crippen molar-refractivity contribution in [1.29, 1.82) is 0 Å². The number of hydrogen-bond acceptors (Lipinski definition) is 6. The van der Waals surface area contributed by atoms with E-state index in [-0.39, 0.29) is 0 Å². The first-order valence-electron chi connectivity index (χ1n) is 12.0. The maximum Gasteiger partial charge on any atom is 0.166 e. The monoisotopic (exact) mass is 481 g/mol. The Labute approximate surface area is 206 Å². The molecule has 3 heterocycles. The summed E-state index contributed by atoms with van der Waals surface area (Å²) in [6, 6.07) is 12.4. The van der Waals surface area contributed by atoms with Gasteiger partial charge in [-0.3, -0.25) is 9.48 Å². The van der Waals surface area contributed by atoms with E-state index in [1.165, 1.54) is 36.9 Å². The standard InChI is InChI=1S/C13H16N4OS.C13H19NO/c1-10-13(7-12(9-18)15(10)2)19-16-5-6-17-11(8-16)3-4-14-17;1-14-10-11-5-4-8-13(9-11)15-12-6-2-3-7-12/h3-4,7,9H,5-6,8H2,1-2H3;4-5,8-9,12,14H,2-3,6-7,10H2,1H3. The third-order valence-corrected chi connectivity index (χ3v) is 7.64. The predicted octanol–water partition coefficient (Wildman–Crippen LogP) is 4.59. The molecule has 0 radical (unpaired) electrons. The third kappa shape index (κ3) is 6.11. The zero-order valence-electron chi connectivity index (χ0n) is 20.4. The van der Waals surface area contributed by atoms with Crippen LogP contribution in [0.3, 0.4) is 0 Å². The van der Waals surface area contributed by atoms with Gasteiger partial charge in [0.2, 0.25) is 0 Å². The van der Waals surface area contributed by atoms with Crippen LogP contribution in [-0.2, 0) is 26.7 Å². The number of hydrogen-bond donors (Lipinski definition) is 1. The molecular weight excluding hydrogens is 446 g/mol. The van der Waals surface area contributed by atoms with Crippen molar-refractivity contribution >= 4 is 18.2 Å². The fourth-order valence-electron chi connectivity index (χ4n) is 4.41. The molecule has 2 aromatic heterocycles. The van der Waals surface area contributed by atoms with Crippen LogP contribution >= 0.6 is 11.9 Å². The Morgan fingerprint density at radius 2 is 2.03 bits per heavy atom. The highest BCUT2D eigenvalue weighted by Gasteiger charge is 2.19. The van der Waals surface area contributed by atoms with Crippen LogP contribution in [0, 0.1) is 6.92 Å². The summed E-state index contributed by atoms with van der Waals surface area (Å²) in [6.45, 7) is 5.71. The molecule has 2 aliphatic rings. The summed E-state index contributed by atoms with van der Waals surface area (Å²) in [5.74, 6) is 1.02. The number of rotatable bonds is 7. The minimum atomic E-state index is 0.454. The van der Waals surface area contributed by atoms with Crippen LogP contribution in [0.5, 0.6) is 5.75 Å². The first-order valence-corrected chi connectivity index (χ1v) is 12.8. The van der Waals surface area contributed by atoms with Gasteiger partial charge in [-0.05, 0) is 81.4 Å². The van der Waals surface area contributed by atoms with Gasteiger partial charge in [0.1, 0.15) is 5.75 Å². The molecule has 7 nitrogen and oxygen atoms in total. The first kappa shape index (κ1) is 24.6. The van der Waals surface area contributed by atoms with Gasteiger partial charge in [0.05, 0.1) is 30.6 Å². The van der Waals surface area contributed by atoms with Gasteiger partial charge in [0, 0.05) is 36.9 Å². The molecule has 34 heavy (non-hydrogen) atoms. The van der Waals surface area contributed by atoms with E-state index >= 15 is 0 Å². The van der Waals surface area contributed by atoms with Crippen LogP contribution in [0.2, 0.25) is 0 Å². The Bertz CT molecular complexity index is 1090. The number of nitrogens with one attached hydrogen (secondary N) is 1. The molecule has 8 heteroatoms. The summed E-state index contributed by atoms with van der Waals surface area (Å²) in [4.78, 5) is 12.1. The summed E-state index contributed by atoms with van der Waals surface area (Å²) >= 11 is 1.72. The fourth-order valence-corrected chi connectivity index (χ4v) is 5.50. The molecule has 1 fully saturated rings. The van der Waals surface area contributed by atoms with E-state index in [0.717, 1.165) is 54.5 Å². The zero-order valence-corrected chi connectivity index (χ0v) is 21.2. The topological polar surface area (TPSA) is 64.3 Å². The summed E-state index contributed by atoms with van der Waals surface area (Å²) in [5.41, 5.74) is 4.38. The van der Waals surface area contributed by atoms with E-state index < -0.39 is 0 Å². The zero-order chi connectivity index (χ0) is 23.9. The first-order chi connectivity index (χ1) is 16.6. The number of fused-ring (bicyclic) bond motifs is 1. The Hall–Kier alpha value is -2.55. The molecule has 0 unspecified atom stereocenters.